The topological polar surface area (TPSA) is 78.9 Å². The minimum atomic E-state index is 0.520. The first kappa shape index (κ1) is 16.0. The monoisotopic (exact) mass is 351 g/mol. The molecule has 7 nitrogen and oxygen atoms in total. The maximum atomic E-state index is 5.87. The molecule has 0 saturated heterocycles. The lowest BCUT2D eigenvalue weighted by Gasteiger charge is -2.03. The third-order valence-corrected chi connectivity index (χ3v) is 4.23. The van der Waals surface area contributed by atoms with Gasteiger partial charge in [-0.25, -0.2) is 0 Å². The number of nitrogens with zero attached hydrogens (tertiary/aromatic N) is 5. The van der Waals surface area contributed by atoms with Crippen LogP contribution < -0.4 is 0 Å². The van der Waals surface area contributed by atoms with Crippen molar-refractivity contribution in [2.75, 3.05) is 13.7 Å². The van der Waals surface area contributed by atoms with E-state index in [0.717, 1.165) is 10.7 Å². The third kappa shape index (κ3) is 4.10. The van der Waals surface area contributed by atoms with Crippen LogP contribution in [0, 0.1) is 0 Å². The SMILES string of the molecule is COCCn1cnnc1SCc1nc(-c2ccc(Cl)cc2)no1. The van der Waals surface area contributed by atoms with Gasteiger partial charge in [-0.15, -0.1) is 10.2 Å². The Balaban J connectivity index is 1.63. The number of ether oxygens (including phenoxy) is 1. The Morgan fingerprint density at radius 2 is 2.13 bits per heavy atom. The fraction of sp³-hybridized carbons (Fsp3) is 0.286. The zero-order chi connectivity index (χ0) is 16.1. The highest BCUT2D eigenvalue weighted by Gasteiger charge is 2.11. The summed E-state index contributed by atoms with van der Waals surface area (Å²) >= 11 is 7.36. The van der Waals surface area contributed by atoms with Gasteiger partial charge in [0.1, 0.15) is 6.33 Å². The second-order valence-corrected chi connectivity index (χ2v) is 5.99. The highest BCUT2D eigenvalue weighted by Crippen LogP contribution is 2.23. The average Bonchev–Trinajstić information content (AvgIpc) is 3.21. The molecule has 0 saturated carbocycles. The van der Waals surface area contributed by atoms with E-state index >= 15 is 0 Å². The van der Waals surface area contributed by atoms with Crippen LogP contribution in [-0.2, 0) is 17.0 Å². The van der Waals surface area contributed by atoms with Crippen molar-refractivity contribution in [1.82, 2.24) is 24.9 Å². The van der Waals surface area contributed by atoms with Crippen LogP contribution in [0.4, 0.5) is 0 Å². The van der Waals surface area contributed by atoms with Gasteiger partial charge in [0.05, 0.1) is 12.4 Å². The number of hydrogen-bond acceptors (Lipinski definition) is 7. The lowest BCUT2D eigenvalue weighted by atomic mass is 10.2. The summed E-state index contributed by atoms with van der Waals surface area (Å²) in [5.41, 5.74) is 0.859. The van der Waals surface area contributed by atoms with E-state index in [1.807, 2.05) is 16.7 Å². The van der Waals surface area contributed by atoms with E-state index in [1.54, 1.807) is 25.6 Å². The smallest absolute Gasteiger partial charge is 0.237 e. The van der Waals surface area contributed by atoms with Crippen molar-refractivity contribution in [3.63, 3.8) is 0 Å². The van der Waals surface area contributed by atoms with Crippen molar-refractivity contribution in [3.05, 3.63) is 41.5 Å². The van der Waals surface area contributed by atoms with E-state index in [0.29, 0.717) is 35.6 Å². The zero-order valence-corrected chi connectivity index (χ0v) is 13.9. The van der Waals surface area contributed by atoms with Crippen LogP contribution >= 0.6 is 23.4 Å². The number of methoxy groups -OCH3 is 1. The number of thioether (sulfide) groups is 1. The van der Waals surface area contributed by atoms with E-state index in [4.69, 9.17) is 20.9 Å². The molecule has 2 heterocycles. The van der Waals surface area contributed by atoms with Crippen LogP contribution in [0.2, 0.25) is 5.02 Å². The highest BCUT2D eigenvalue weighted by molar-refractivity contribution is 7.98. The van der Waals surface area contributed by atoms with Crippen molar-refractivity contribution in [3.8, 4) is 11.4 Å². The normalized spacial score (nSPS) is 11.0. The molecule has 0 N–H and O–H groups in total. The first-order chi connectivity index (χ1) is 11.3. The van der Waals surface area contributed by atoms with Crippen molar-refractivity contribution < 1.29 is 9.26 Å². The molecular formula is C14H14ClN5O2S. The molecule has 0 bridgehead atoms. The molecule has 3 rings (SSSR count). The van der Waals surface area contributed by atoms with Gasteiger partial charge in [0.15, 0.2) is 5.16 Å². The molecule has 120 valence electrons. The van der Waals surface area contributed by atoms with Crippen LogP contribution in [0.5, 0.6) is 0 Å². The van der Waals surface area contributed by atoms with Gasteiger partial charge in [-0.3, -0.25) is 0 Å². The van der Waals surface area contributed by atoms with E-state index in [9.17, 15) is 0 Å². The van der Waals surface area contributed by atoms with Crippen LogP contribution in [0.15, 0.2) is 40.3 Å². The molecule has 0 spiro atoms. The summed E-state index contributed by atoms with van der Waals surface area (Å²) in [6.07, 6.45) is 1.67. The maximum Gasteiger partial charge on any atom is 0.237 e. The summed E-state index contributed by atoms with van der Waals surface area (Å²) in [4.78, 5) is 4.38. The number of rotatable bonds is 7. The fourth-order valence-corrected chi connectivity index (χ4v) is 2.76. The number of hydrogen-bond donors (Lipinski definition) is 0. The first-order valence-electron chi connectivity index (χ1n) is 6.84. The average molecular weight is 352 g/mol. The largest absolute Gasteiger partial charge is 0.383 e. The van der Waals surface area contributed by atoms with Crippen molar-refractivity contribution in [1.29, 1.82) is 0 Å². The van der Waals surface area contributed by atoms with Crippen molar-refractivity contribution in [2.45, 2.75) is 17.5 Å². The molecule has 3 aromatic rings. The number of halogens is 1. The van der Waals surface area contributed by atoms with Crippen LogP contribution in [-0.4, -0.2) is 38.6 Å². The van der Waals surface area contributed by atoms with Crippen LogP contribution in [0.25, 0.3) is 11.4 Å². The summed E-state index contributed by atoms with van der Waals surface area (Å²) in [5, 5.41) is 13.4. The standard InChI is InChI=1S/C14H14ClN5O2S/c1-21-7-6-20-9-16-18-14(20)23-8-12-17-13(19-22-12)10-2-4-11(15)5-3-10/h2-5,9H,6-8H2,1H3. The highest BCUT2D eigenvalue weighted by atomic mass is 35.5. The predicted octanol–water partition coefficient (Wildman–Crippen LogP) is 2.92. The van der Waals surface area contributed by atoms with Gasteiger partial charge in [-0.2, -0.15) is 4.98 Å². The Morgan fingerprint density at radius 3 is 2.91 bits per heavy atom. The molecule has 0 aliphatic rings. The molecule has 1 aromatic carbocycles. The molecule has 0 aliphatic heterocycles. The van der Waals surface area contributed by atoms with E-state index in [2.05, 4.69) is 20.3 Å². The molecule has 9 heteroatoms. The fourth-order valence-electron chi connectivity index (χ4n) is 1.86. The quantitative estimate of drug-likeness (QED) is 0.605. The number of aromatic nitrogens is 5. The summed E-state index contributed by atoms with van der Waals surface area (Å²) in [6, 6.07) is 7.29. The lowest BCUT2D eigenvalue weighted by molar-refractivity contribution is 0.184. The molecule has 0 aliphatic carbocycles. The van der Waals surface area contributed by atoms with Crippen molar-refractivity contribution >= 4 is 23.4 Å². The van der Waals surface area contributed by atoms with Gasteiger partial charge >= 0.3 is 0 Å². The molecule has 2 aromatic heterocycles. The zero-order valence-electron chi connectivity index (χ0n) is 12.3. The summed E-state index contributed by atoms with van der Waals surface area (Å²) in [5.74, 6) is 1.59. The Hall–Kier alpha value is -1.90. The van der Waals surface area contributed by atoms with E-state index in [1.165, 1.54) is 11.8 Å². The summed E-state index contributed by atoms with van der Waals surface area (Å²) in [7, 11) is 1.66. The summed E-state index contributed by atoms with van der Waals surface area (Å²) in [6.45, 7) is 1.30. The lowest BCUT2D eigenvalue weighted by Crippen LogP contribution is -2.04. The van der Waals surface area contributed by atoms with Gasteiger partial charge < -0.3 is 13.8 Å². The second-order valence-electron chi connectivity index (χ2n) is 4.61. The number of benzene rings is 1. The minimum absolute atomic E-state index is 0.520. The molecule has 23 heavy (non-hydrogen) atoms. The molecule has 0 unspecified atom stereocenters. The van der Waals surface area contributed by atoms with E-state index < -0.39 is 0 Å². The van der Waals surface area contributed by atoms with Gasteiger partial charge in [0.2, 0.25) is 11.7 Å². The second kappa shape index (κ2) is 7.58. The van der Waals surface area contributed by atoms with Gasteiger partial charge in [0.25, 0.3) is 0 Å². The molecule has 0 fully saturated rings. The summed E-state index contributed by atoms with van der Waals surface area (Å²) < 4.78 is 12.3. The van der Waals surface area contributed by atoms with Crippen LogP contribution in [0.3, 0.4) is 0 Å². The van der Waals surface area contributed by atoms with Crippen molar-refractivity contribution in [2.24, 2.45) is 0 Å². The first-order valence-corrected chi connectivity index (χ1v) is 8.20. The van der Waals surface area contributed by atoms with Gasteiger partial charge in [0, 0.05) is 24.2 Å². The minimum Gasteiger partial charge on any atom is -0.383 e. The Morgan fingerprint density at radius 1 is 1.30 bits per heavy atom. The maximum absolute atomic E-state index is 5.87. The molecule has 0 radical (unpaired) electrons. The van der Waals surface area contributed by atoms with Gasteiger partial charge in [-0.1, -0.05) is 28.5 Å². The van der Waals surface area contributed by atoms with Crippen LogP contribution in [0.1, 0.15) is 5.89 Å². The van der Waals surface area contributed by atoms with Gasteiger partial charge in [-0.05, 0) is 24.3 Å². The molecule has 0 atom stereocenters. The van der Waals surface area contributed by atoms with E-state index in [-0.39, 0.29) is 0 Å². The predicted molar refractivity (Wildman–Crippen MR) is 86.2 cm³/mol. The molecular weight excluding hydrogens is 338 g/mol. The Labute approximate surface area is 142 Å². The molecule has 0 amide bonds. The Bertz CT molecular complexity index is 759. The third-order valence-electron chi connectivity index (χ3n) is 3.01. The Kier molecular flexibility index (Phi) is 5.27.